The minimum atomic E-state index is -5.68. The fourth-order valence-corrected chi connectivity index (χ4v) is 1.72. The molecule has 0 aromatic carbocycles. The lowest BCUT2D eigenvalue weighted by Crippen LogP contribution is -2.34. The van der Waals surface area contributed by atoms with Crippen molar-refractivity contribution >= 4 is 21.6 Å². The van der Waals surface area contributed by atoms with Gasteiger partial charge in [0.05, 0.1) is 5.69 Å². The first-order chi connectivity index (χ1) is 8.14. The number of alkyl halides is 5. The van der Waals surface area contributed by atoms with Gasteiger partial charge >= 0.3 is 12.1 Å². The summed E-state index contributed by atoms with van der Waals surface area (Å²) in [6.45, 7) is 1.58. The molecule has 2 rings (SSSR count). The van der Waals surface area contributed by atoms with Gasteiger partial charge in [0.2, 0.25) is 0 Å². The van der Waals surface area contributed by atoms with Crippen LogP contribution < -0.4 is 0 Å². The summed E-state index contributed by atoms with van der Waals surface area (Å²) in [5.41, 5.74) is -0.947. The van der Waals surface area contributed by atoms with Crippen LogP contribution in [0, 0.1) is 6.92 Å². The Hall–Kier alpha value is -1.25. The quantitative estimate of drug-likeness (QED) is 0.750. The van der Waals surface area contributed by atoms with Crippen molar-refractivity contribution in [2.75, 3.05) is 0 Å². The molecule has 18 heavy (non-hydrogen) atoms. The van der Waals surface area contributed by atoms with Crippen LogP contribution in [0.1, 0.15) is 11.4 Å². The summed E-state index contributed by atoms with van der Waals surface area (Å²) in [4.78, 5) is 6.99. The number of hydrogen-bond acceptors (Lipinski definition) is 2. The van der Waals surface area contributed by atoms with Crippen LogP contribution in [-0.2, 0) is 5.92 Å². The first-order valence-electron chi connectivity index (χ1n) is 4.60. The van der Waals surface area contributed by atoms with Crippen LogP contribution in [0.4, 0.5) is 22.0 Å². The zero-order chi connectivity index (χ0) is 13.7. The Labute approximate surface area is 106 Å². The Balaban J connectivity index is 2.61. The molecule has 0 saturated heterocycles. The zero-order valence-corrected chi connectivity index (χ0v) is 10.4. The summed E-state index contributed by atoms with van der Waals surface area (Å²) in [7, 11) is 0. The van der Waals surface area contributed by atoms with Crippen molar-refractivity contribution in [3.63, 3.8) is 0 Å². The second-order valence-corrected chi connectivity index (χ2v) is 4.31. The van der Waals surface area contributed by atoms with Gasteiger partial charge in [-0.3, -0.25) is 4.40 Å². The minimum absolute atomic E-state index is 0.0340. The standard InChI is InChI=1S/C9H5BrF5N3/c1-4-7(10)18-3-16-5(2-6(18)17-4)8(11,12)9(13,14)15/h2-3H,1H3. The van der Waals surface area contributed by atoms with Gasteiger partial charge in [0.25, 0.3) is 0 Å². The molecular formula is C9H5BrF5N3. The number of aromatic nitrogens is 3. The molecule has 0 aliphatic carbocycles. The van der Waals surface area contributed by atoms with E-state index in [1.165, 1.54) is 4.40 Å². The Morgan fingerprint density at radius 3 is 2.39 bits per heavy atom. The summed E-state index contributed by atoms with van der Waals surface area (Å²) >= 11 is 3.12. The molecule has 9 heteroatoms. The fraction of sp³-hybridized carbons (Fsp3) is 0.333. The lowest BCUT2D eigenvalue weighted by Gasteiger charge is -2.18. The van der Waals surface area contributed by atoms with E-state index >= 15 is 0 Å². The molecule has 0 spiro atoms. The van der Waals surface area contributed by atoms with Crippen molar-refractivity contribution < 1.29 is 22.0 Å². The Bertz CT molecular complexity index is 604. The molecule has 0 unspecified atom stereocenters. The van der Waals surface area contributed by atoms with E-state index in [1.54, 1.807) is 6.92 Å². The molecule has 2 aromatic heterocycles. The van der Waals surface area contributed by atoms with Crippen molar-refractivity contribution in [3.05, 3.63) is 28.4 Å². The normalized spacial score (nSPS) is 13.3. The van der Waals surface area contributed by atoms with Gasteiger partial charge in [-0.2, -0.15) is 22.0 Å². The number of hydrogen-bond donors (Lipinski definition) is 0. The van der Waals surface area contributed by atoms with Crippen LogP contribution in [0.3, 0.4) is 0 Å². The SMILES string of the molecule is Cc1nc2cc(C(F)(F)C(F)(F)F)ncn2c1Br. The molecule has 2 heterocycles. The third-order valence-corrected chi connectivity index (χ3v) is 3.25. The van der Waals surface area contributed by atoms with E-state index in [-0.39, 0.29) is 5.65 Å². The van der Waals surface area contributed by atoms with Gasteiger partial charge in [0.15, 0.2) is 0 Å². The number of aryl methyl sites for hydroxylation is 1. The summed E-state index contributed by atoms with van der Waals surface area (Å²) in [5.74, 6) is -5.00. The monoisotopic (exact) mass is 329 g/mol. The molecule has 0 radical (unpaired) electrons. The average molecular weight is 330 g/mol. The maximum absolute atomic E-state index is 13.1. The third kappa shape index (κ3) is 1.86. The van der Waals surface area contributed by atoms with E-state index in [9.17, 15) is 22.0 Å². The van der Waals surface area contributed by atoms with Crippen LogP contribution in [0.5, 0.6) is 0 Å². The van der Waals surface area contributed by atoms with E-state index in [0.717, 1.165) is 6.33 Å². The molecule has 98 valence electrons. The Kier molecular flexibility index (Phi) is 2.84. The zero-order valence-electron chi connectivity index (χ0n) is 8.76. The molecule has 0 amide bonds. The highest BCUT2D eigenvalue weighted by atomic mass is 79.9. The number of rotatable bonds is 1. The van der Waals surface area contributed by atoms with Gasteiger partial charge in [-0.05, 0) is 22.9 Å². The molecule has 0 N–H and O–H groups in total. The van der Waals surface area contributed by atoms with Crippen molar-refractivity contribution in [2.45, 2.75) is 19.0 Å². The fourth-order valence-electron chi connectivity index (χ4n) is 1.35. The first kappa shape index (κ1) is 13.2. The Morgan fingerprint density at radius 1 is 1.22 bits per heavy atom. The average Bonchev–Trinajstić information content (AvgIpc) is 2.53. The smallest absolute Gasteiger partial charge is 0.277 e. The van der Waals surface area contributed by atoms with Gasteiger partial charge in [0.1, 0.15) is 22.3 Å². The predicted molar refractivity (Wildman–Crippen MR) is 55.4 cm³/mol. The van der Waals surface area contributed by atoms with E-state index < -0.39 is 17.8 Å². The predicted octanol–water partition coefficient (Wildman–Crippen LogP) is 3.45. The van der Waals surface area contributed by atoms with Crippen LogP contribution in [-0.4, -0.2) is 20.5 Å². The van der Waals surface area contributed by atoms with E-state index in [4.69, 9.17) is 0 Å². The van der Waals surface area contributed by atoms with Crippen LogP contribution in [0.25, 0.3) is 5.65 Å². The molecule has 0 bridgehead atoms. The van der Waals surface area contributed by atoms with Crippen LogP contribution in [0.15, 0.2) is 17.0 Å². The van der Waals surface area contributed by atoms with E-state index in [0.29, 0.717) is 16.4 Å². The number of halogens is 6. The highest BCUT2D eigenvalue weighted by Crippen LogP contribution is 2.43. The molecule has 0 aliphatic rings. The topological polar surface area (TPSA) is 30.2 Å². The molecule has 3 nitrogen and oxygen atoms in total. The molecule has 0 aliphatic heterocycles. The van der Waals surface area contributed by atoms with Crippen molar-refractivity contribution in [1.29, 1.82) is 0 Å². The van der Waals surface area contributed by atoms with E-state index in [2.05, 4.69) is 25.9 Å². The van der Waals surface area contributed by atoms with Crippen LogP contribution >= 0.6 is 15.9 Å². The van der Waals surface area contributed by atoms with Crippen molar-refractivity contribution in [1.82, 2.24) is 14.4 Å². The second kappa shape index (κ2) is 3.87. The van der Waals surface area contributed by atoms with Gasteiger partial charge in [0, 0.05) is 6.07 Å². The molecule has 0 saturated carbocycles. The minimum Gasteiger partial charge on any atom is -0.277 e. The maximum Gasteiger partial charge on any atom is 0.459 e. The number of fused-ring (bicyclic) bond motifs is 1. The largest absolute Gasteiger partial charge is 0.459 e. The number of imidazole rings is 1. The lowest BCUT2D eigenvalue weighted by molar-refractivity contribution is -0.290. The highest BCUT2D eigenvalue weighted by molar-refractivity contribution is 9.10. The van der Waals surface area contributed by atoms with Gasteiger partial charge < -0.3 is 0 Å². The molecular weight excluding hydrogens is 325 g/mol. The third-order valence-electron chi connectivity index (χ3n) is 2.29. The second-order valence-electron chi connectivity index (χ2n) is 3.56. The van der Waals surface area contributed by atoms with Gasteiger partial charge in [-0.15, -0.1) is 0 Å². The first-order valence-corrected chi connectivity index (χ1v) is 5.39. The van der Waals surface area contributed by atoms with Gasteiger partial charge in [-0.1, -0.05) is 0 Å². The summed E-state index contributed by atoms with van der Waals surface area (Å²) in [6, 6.07) is 0.616. The van der Waals surface area contributed by atoms with Crippen molar-refractivity contribution in [3.8, 4) is 0 Å². The molecule has 0 atom stereocenters. The summed E-state index contributed by atoms with van der Waals surface area (Å²) < 4.78 is 64.4. The highest BCUT2D eigenvalue weighted by Gasteiger charge is 2.60. The van der Waals surface area contributed by atoms with Crippen molar-refractivity contribution in [2.24, 2.45) is 0 Å². The summed E-state index contributed by atoms with van der Waals surface area (Å²) in [5, 5.41) is 0. The molecule has 0 fully saturated rings. The summed E-state index contributed by atoms with van der Waals surface area (Å²) in [6.07, 6.45) is -4.81. The lowest BCUT2D eigenvalue weighted by atomic mass is 10.2. The van der Waals surface area contributed by atoms with E-state index in [1.807, 2.05) is 0 Å². The Morgan fingerprint density at radius 2 is 1.83 bits per heavy atom. The van der Waals surface area contributed by atoms with Gasteiger partial charge in [-0.25, -0.2) is 9.97 Å². The van der Waals surface area contributed by atoms with Crippen LogP contribution in [0.2, 0.25) is 0 Å². The maximum atomic E-state index is 13.1. The number of nitrogens with zero attached hydrogens (tertiary/aromatic N) is 3. The molecule has 2 aromatic rings.